The van der Waals surface area contributed by atoms with Crippen LogP contribution in [0.4, 0.5) is 34.1 Å². The van der Waals surface area contributed by atoms with E-state index in [9.17, 15) is 0 Å². The fourth-order valence-corrected chi connectivity index (χ4v) is 19.2. The maximum atomic E-state index is 3.84. The lowest BCUT2D eigenvalue weighted by Gasteiger charge is -2.33. The average molecular weight is 1880 g/mol. The largest absolute Gasteiger partial charge is 0.356 e. The van der Waals surface area contributed by atoms with Crippen LogP contribution in [0.25, 0.3) is 33.4 Å². The molecule has 610 valence electrons. The molecule has 0 atom stereocenters. The quantitative estimate of drug-likeness (QED) is 0.0379. The number of halogens is 5. The molecule has 0 amide bonds. The van der Waals surface area contributed by atoms with Gasteiger partial charge in [-0.15, -0.1) is 0 Å². The van der Waals surface area contributed by atoms with Gasteiger partial charge in [0.05, 0.1) is 0 Å². The second-order valence-corrected chi connectivity index (χ2v) is 36.4. The number of unbranched alkanes of at least 4 members (excludes halogenated alkanes) is 12. The summed E-state index contributed by atoms with van der Waals surface area (Å²) in [5, 5.41) is 10.1. The van der Waals surface area contributed by atoms with Gasteiger partial charge in [0.25, 0.3) is 0 Å². The zero-order chi connectivity index (χ0) is 80.2. The highest BCUT2D eigenvalue weighted by molar-refractivity contribution is 9.11. The molecule has 0 fully saturated rings. The van der Waals surface area contributed by atoms with Crippen LogP contribution in [0.1, 0.15) is 213 Å². The van der Waals surface area contributed by atoms with Gasteiger partial charge in [0, 0.05) is 67.3 Å². The molecule has 8 heteroatoms. The van der Waals surface area contributed by atoms with E-state index in [0.29, 0.717) is 0 Å². The van der Waals surface area contributed by atoms with Gasteiger partial charge < -0.3 is 16.0 Å². The molecule has 0 saturated carbocycles. The summed E-state index contributed by atoms with van der Waals surface area (Å²) in [5.74, 6) is 0. The zero-order valence-corrected chi connectivity index (χ0v) is 75.6. The standard InChI is InChI=1S/C41H44Br2.C25H32Br2.C24H20N2.C12H11N.C6H5Br.2CH4/c42-35-19-21-37-38-22-20-36(43)28-40(38)41(39(37)27-35,23-7-3-1-5-9-29-11-13-31-15-17-33(31)25-29)24-8-4-2-6-10-30-12-14-32-16-18-34(32)26-30;1-3-5-7-9-15-25(16-10-8-6-4-2)23-17-19(26)11-13-21(23)22-14-12-20(27)18-24(22)25;1-3-7-21(8-4-1)25-23-15-11-19(12-16-23)20-13-17-24(18-14-20)26-22-9-5-2-6-10-22;1-3-7-11(8-4-1)13-12-9-5-2-6-10-12;7-6-4-2-1-3-5-6;;/h11-14,19-22,25-28H,1-10,15-18,23-24H2;11-14,17-18H,3-10,15-16H2,1-2H3;1-18,25-26H;1-10,13H;1-5H;2*1H4. The predicted molar refractivity (Wildman–Crippen MR) is 530 cm³/mol. The third-order valence-corrected chi connectivity index (χ3v) is 26.3. The van der Waals surface area contributed by atoms with Crippen LogP contribution in [0, 0.1) is 0 Å². The Morgan fingerprint density at radius 1 is 0.237 bits per heavy atom. The van der Waals surface area contributed by atoms with Gasteiger partial charge in [0.15, 0.2) is 0 Å². The second-order valence-electron chi connectivity index (χ2n) is 31.9. The highest BCUT2D eigenvalue weighted by Crippen LogP contribution is 2.57. The van der Waals surface area contributed by atoms with Crippen molar-refractivity contribution in [2.75, 3.05) is 16.0 Å². The Morgan fingerprint density at radius 3 is 0.754 bits per heavy atom. The third kappa shape index (κ3) is 24.9. The summed E-state index contributed by atoms with van der Waals surface area (Å²) in [5.41, 5.74) is 30.8. The third-order valence-electron chi connectivity index (χ3n) is 23.8. The molecule has 118 heavy (non-hydrogen) atoms. The number of benzene rings is 13. The molecule has 0 heterocycles. The molecule has 13 aromatic carbocycles. The smallest absolute Gasteiger partial charge is 0.0384 e. The van der Waals surface area contributed by atoms with Crippen LogP contribution in [0.15, 0.2) is 332 Å². The maximum absolute atomic E-state index is 3.84. The number of nitrogens with one attached hydrogen (secondary N) is 3. The first kappa shape index (κ1) is 90.4. The number of hydrogen-bond acceptors (Lipinski definition) is 3. The Morgan fingerprint density at radius 2 is 0.500 bits per heavy atom. The normalized spacial score (nSPS) is 12.6. The zero-order valence-electron chi connectivity index (χ0n) is 67.7. The van der Waals surface area contributed by atoms with E-state index in [0.717, 1.165) is 38.6 Å². The molecular formula is C110H120Br5N3. The maximum Gasteiger partial charge on any atom is 0.0384 e. The number of rotatable bonds is 31. The molecule has 0 aromatic heterocycles. The molecule has 0 aliphatic heterocycles. The average Bonchev–Trinajstić information content (AvgIpc) is 1.57. The van der Waals surface area contributed by atoms with Crippen molar-refractivity contribution in [3.05, 3.63) is 387 Å². The molecule has 0 unspecified atom stereocenters. The molecule has 0 spiro atoms. The summed E-state index contributed by atoms with van der Waals surface area (Å²) in [6.07, 6.45) is 33.7. The van der Waals surface area contributed by atoms with E-state index in [4.69, 9.17) is 0 Å². The van der Waals surface area contributed by atoms with E-state index in [1.54, 1.807) is 55.6 Å². The molecule has 4 aliphatic rings. The topological polar surface area (TPSA) is 36.1 Å². The first-order chi connectivity index (χ1) is 56.9. The summed E-state index contributed by atoms with van der Waals surface area (Å²) in [6, 6.07) is 110. The van der Waals surface area contributed by atoms with Crippen molar-refractivity contribution in [1.82, 2.24) is 0 Å². The van der Waals surface area contributed by atoms with Crippen LogP contribution in [-0.4, -0.2) is 0 Å². The number of hydrogen-bond donors (Lipinski definition) is 3. The first-order valence-corrected chi connectivity index (χ1v) is 46.7. The van der Waals surface area contributed by atoms with Gasteiger partial charge in [0.1, 0.15) is 0 Å². The van der Waals surface area contributed by atoms with Crippen LogP contribution in [0.3, 0.4) is 0 Å². The van der Waals surface area contributed by atoms with Gasteiger partial charge in [0.2, 0.25) is 0 Å². The van der Waals surface area contributed by atoms with E-state index < -0.39 is 0 Å². The predicted octanol–water partition coefficient (Wildman–Crippen LogP) is 35.5. The van der Waals surface area contributed by atoms with E-state index in [2.05, 4.69) is 291 Å². The SMILES string of the molecule is Brc1ccc2c(c1)C(CCCCCCc1ccc3c(c1)CC3)(CCCCCCc1ccc3c(c1)CC3)c1cc(Br)ccc1-2.Brc1ccccc1.C.C.CCCCCCC1(CCCCCC)c2cc(Br)ccc2-c2ccc(Br)cc21.c1ccc(Nc2ccc(-c3ccc(Nc4ccccc4)cc3)cc2)cc1.c1ccc(Nc2ccccc2)cc1. The van der Waals surface area contributed by atoms with Crippen molar-refractivity contribution in [2.45, 2.75) is 206 Å². The van der Waals surface area contributed by atoms with Gasteiger partial charge in [-0.3, -0.25) is 0 Å². The molecule has 4 aliphatic carbocycles. The fraction of sp³-hybridized carbons (Fsp3) is 0.291. The Hall–Kier alpha value is -8.34. The Kier molecular flexibility index (Phi) is 35.6. The van der Waals surface area contributed by atoms with Crippen LogP contribution < -0.4 is 16.0 Å². The van der Waals surface area contributed by atoms with Crippen molar-refractivity contribution in [3.63, 3.8) is 0 Å². The highest BCUT2D eigenvalue weighted by atomic mass is 79.9. The Balaban J connectivity index is 0.000000158. The minimum atomic E-state index is 0. The fourth-order valence-electron chi connectivity index (χ4n) is 17.4. The molecule has 17 rings (SSSR count). The highest BCUT2D eigenvalue weighted by Gasteiger charge is 2.44. The van der Waals surface area contributed by atoms with Gasteiger partial charge in [-0.2, -0.15) is 0 Å². The van der Waals surface area contributed by atoms with Crippen molar-refractivity contribution >= 4 is 114 Å². The molecule has 0 saturated heterocycles. The van der Waals surface area contributed by atoms with E-state index in [1.165, 1.54) is 218 Å². The summed E-state index contributed by atoms with van der Waals surface area (Å²) >= 11 is 18.5. The molecule has 0 bridgehead atoms. The molecule has 3 nitrogen and oxygen atoms in total. The van der Waals surface area contributed by atoms with Crippen molar-refractivity contribution in [2.24, 2.45) is 0 Å². The number of aryl methyl sites for hydroxylation is 6. The van der Waals surface area contributed by atoms with E-state index >= 15 is 0 Å². The summed E-state index contributed by atoms with van der Waals surface area (Å²) in [4.78, 5) is 0. The first-order valence-electron chi connectivity index (χ1n) is 42.8. The summed E-state index contributed by atoms with van der Waals surface area (Å²) < 4.78 is 5.97. The van der Waals surface area contributed by atoms with Gasteiger partial charge in [-0.1, -0.05) is 374 Å². The molecule has 13 aromatic rings. The molecule has 3 N–H and O–H groups in total. The van der Waals surface area contributed by atoms with Crippen molar-refractivity contribution < 1.29 is 0 Å². The number of anilines is 6. The second kappa shape index (κ2) is 46.5. The number of para-hydroxylation sites is 4. The summed E-state index contributed by atoms with van der Waals surface area (Å²) in [7, 11) is 0. The Labute approximate surface area is 750 Å². The lowest BCUT2D eigenvalue weighted by Crippen LogP contribution is -2.25. The molecular weight excluding hydrogens is 1760 g/mol. The lowest BCUT2D eigenvalue weighted by atomic mass is 9.70. The van der Waals surface area contributed by atoms with E-state index in [1.807, 2.05) is 127 Å². The lowest BCUT2D eigenvalue weighted by molar-refractivity contribution is 0.399. The number of fused-ring (bicyclic) bond motifs is 8. The van der Waals surface area contributed by atoms with Crippen molar-refractivity contribution in [1.29, 1.82) is 0 Å². The van der Waals surface area contributed by atoms with Gasteiger partial charge >= 0.3 is 0 Å². The Bertz CT molecular complexity index is 4880. The minimum Gasteiger partial charge on any atom is -0.356 e. The van der Waals surface area contributed by atoms with Gasteiger partial charge in [-0.25, -0.2) is 0 Å². The van der Waals surface area contributed by atoms with Crippen LogP contribution in [0.5, 0.6) is 0 Å². The minimum absolute atomic E-state index is 0. The van der Waals surface area contributed by atoms with Crippen LogP contribution >= 0.6 is 79.6 Å². The van der Waals surface area contributed by atoms with Gasteiger partial charge in [-0.05, 0) is 300 Å². The summed E-state index contributed by atoms with van der Waals surface area (Å²) in [6.45, 7) is 4.60. The van der Waals surface area contributed by atoms with Crippen LogP contribution in [-0.2, 0) is 49.4 Å². The van der Waals surface area contributed by atoms with Crippen LogP contribution in [0.2, 0.25) is 0 Å². The van der Waals surface area contributed by atoms with E-state index in [-0.39, 0.29) is 25.7 Å². The monoisotopic (exact) mass is 1880 g/mol. The van der Waals surface area contributed by atoms with Crippen molar-refractivity contribution in [3.8, 4) is 33.4 Å². The molecule has 0 radical (unpaired) electrons.